The number of amides is 1. The molecule has 3 aromatic carbocycles. The molecule has 264 valence electrons. The molecule has 6 aromatic rings. The van der Waals surface area contributed by atoms with E-state index in [2.05, 4.69) is 11.5 Å². The molecular weight excluding hydrogens is 685 g/mol. The number of rotatable bonds is 8. The number of nitrogens with zero attached hydrogens (tertiary/aromatic N) is 5. The highest BCUT2D eigenvalue weighted by molar-refractivity contribution is 6.35. The number of carboxylic acid groups (broad SMARTS) is 1. The van der Waals surface area contributed by atoms with Crippen LogP contribution in [0.2, 0.25) is 10.0 Å². The van der Waals surface area contributed by atoms with Crippen molar-refractivity contribution in [2.24, 2.45) is 14.1 Å². The lowest BCUT2D eigenvalue weighted by Crippen LogP contribution is -2.49. The lowest BCUT2D eigenvalue weighted by Gasteiger charge is -2.40. The van der Waals surface area contributed by atoms with Crippen molar-refractivity contribution in [3.05, 3.63) is 98.0 Å². The monoisotopic (exact) mass is 725 g/mol. The van der Waals surface area contributed by atoms with Crippen LogP contribution in [0.25, 0.3) is 32.9 Å². The van der Waals surface area contributed by atoms with Crippen molar-refractivity contribution in [1.82, 2.24) is 18.9 Å². The summed E-state index contributed by atoms with van der Waals surface area (Å²) in [4.78, 5) is 29.3. The van der Waals surface area contributed by atoms with E-state index in [1.54, 1.807) is 17.0 Å². The third-order valence-corrected chi connectivity index (χ3v) is 11.6. The molecule has 4 heterocycles. The summed E-state index contributed by atoms with van der Waals surface area (Å²) in [6.45, 7) is 12.5. The van der Waals surface area contributed by atoms with Crippen LogP contribution in [0.5, 0.6) is 5.75 Å². The molecule has 0 bridgehead atoms. The van der Waals surface area contributed by atoms with Gasteiger partial charge in [-0.1, -0.05) is 29.3 Å². The van der Waals surface area contributed by atoms with Gasteiger partial charge in [-0.15, -0.1) is 0 Å². The number of hydrogen-bond donors (Lipinski definition) is 1. The molecule has 1 aliphatic heterocycles. The first-order valence-corrected chi connectivity index (χ1v) is 17.9. The number of benzene rings is 3. The third-order valence-electron chi connectivity index (χ3n) is 10.7. The first-order chi connectivity index (χ1) is 24.2. The smallest absolute Gasteiger partial charge is 0.336 e. The van der Waals surface area contributed by atoms with E-state index in [4.69, 9.17) is 33.0 Å². The second-order valence-electron chi connectivity index (χ2n) is 13.8. The van der Waals surface area contributed by atoms with E-state index in [0.29, 0.717) is 41.2 Å². The molecule has 1 aliphatic rings. The molecule has 9 nitrogen and oxygen atoms in total. The molecule has 0 aliphatic carbocycles. The number of aromatic nitrogens is 4. The van der Waals surface area contributed by atoms with Crippen LogP contribution >= 0.6 is 23.2 Å². The summed E-state index contributed by atoms with van der Waals surface area (Å²) < 4.78 is 12.1. The number of aromatic carboxylic acids is 1. The molecule has 0 fully saturated rings. The van der Waals surface area contributed by atoms with E-state index in [1.807, 2.05) is 94.5 Å². The van der Waals surface area contributed by atoms with Gasteiger partial charge in [0, 0.05) is 58.6 Å². The summed E-state index contributed by atoms with van der Waals surface area (Å²) >= 11 is 13.5. The highest BCUT2D eigenvalue weighted by atomic mass is 35.5. The molecule has 0 radical (unpaired) electrons. The predicted octanol–water partition coefficient (Wildman–Crippen LogP) is 9.39. The minimum atomic E-state index is -1.04. The summed E-state index contributed by atoms with van der Waals surface area (Å²) in [5.74, 6) is -0.478. The fourth-order valence-electron chi connectivity index (χ4n) is 7.89. The van der Waals surface area contributed by atoms with Crippen molar-refractivity contribution in [2.75, 3.05) is 11.5 Å². The van der Waals surface area contributed by atoms with Crippen LogP contribution in [0.1, 0.15) is 75.2 Å². The minimum absolute atomic E-state index is 0.156. The Morgan fingerprint density at radius 1 is 0.941 bits per heavy atom. The Morgan fingerprint density at radius 3 is 2.29 bits per heavy atom. The first-order valence-electron chi connectivity index (χ1n) is 17.1. The minimum Gasteiger partial charge on any atom is -0.494 e. The highest BCUT2D eigenvalue weighted by Gasteiger charge is 2.41. The van der Waals surface area contributed by atoms with Gasteiger partial charge in [0.1, 0.15) is 11.4 Å². The maximum absolute atomic E-state index is 15.1. The molecule has 0 unspecified atom stereocenters. The molecule has 0 spiro atoms. The molecule has 51 heavy (non-hydrogen) atoms. The maximum atomic E-state index is 15.1. The van der Waals surface area contributed by atoms with Gasteiger partial charge in [-0.2, -0.15) is 5.10 Å². The molecule has 1 N–H and O–H groups in total. The van der Waals surface area contributed by atoms with E-state index >= 15 is 4.79 Å². The van der Waals surface area contributed by atoms with Crippen LogP contribution in [0.4, 0.5) is 5.69 Å². The Balaban J connectivity index is 1.40. The Bertz CT molecular complexity index is 2400. The number of carbonyl (C=O) groups is 2. The SMILES string of the molecule is Cc1cc(OCCCc2c3n(c4c(-c5c(C)nn(C)c5C)c(Cl)ccc24)[C@H](C)[C@@H](C)N(c2cc(C(=O)O)c4ccn(C)c4c2)C3=O)cc(C)c1Cl. The molecule has 7 rings (SSSR count). The van der Waals surface area contributed by atoms with Crippen LogP contribution in [-0.2, 0) is 20.5 Å². The Morgan fingerprint density at radius 2 is 1.65 bits per heavy atom. The fourth-order valence-corrected chi connectivity index (χ4v) is 8.25. The number of carbonyl (C=O) groups excluding carboxylic acids is 1. The van der Waals surface area contributed by atoms with Crippen LogP contribution < -0.4 is 9.64 Å². The topological polar surface area (TPSA) is 94.5 Å². The van der Waals surface area contributed by atoms with Crippen molar-refractivity contribution in [1.29, 1.82) is 0 Å². The van der Waals surface area contributed by atoms with Crippen molar-refractivity contribution < 1.29 is 19.4 Å². The van der Waals surface area contributed by atoms with Gasteiger partial charge in [0.05, 0.1) is 46.0 Å². The number of anilines is 1. The first kappa shape index (κ1) is 34.7. The van der Waals surface area contributed by atoms with Crippen molar-refractivity contribution >= 4 is 62.6 Å². The van der Waals surface area contributed by atoms with E-state index in [9.17, 15) is 9.90 Å². The summed E-state index contributed by atoms with van der Waals surface area (Å²) in [5.41, 5.74) is 9.35. The van der Waals surface area contributed by atoms with Gasteiger partial charge < -0.3 is 23.9 Å². The summed E-state index contributed by atoms with van der Waals surface area (Å²) in [6, 6.07) is 12.6. The zero-order valence-electron chi connectivity index (χ0n) is 30.1. The summed E-state index contributed by atoms with van der Waals surface area (Å²) in [5, 5.41) is 17.8. The number of ether oxygens (including phenoxy) is 1. The Hall–Kier alpha value is -4.73. The molecule has 3 aromatic heterocycles. The number of hydrogen-bond acceptors (Lipinski definition) is 4. The second kappa shape index (κ2) is 12.8. The molecular formula is C40H41Cl2N5O4. The molecule has 0 saturated heterocycles. The van der Waals surface area contributed by atoms with Gasteiger partial charge in [-0.3, -0.25) is 9.48 Å². The molecule has 1 amide bonds. The van der Waals surface area contributed by atoms with E-state index < -0.39 is 5.97 Å². The van der Waals surface area contributed by atoms with Gasteiger partial charge in [0.15, 0.2) is 0 Å². The number of aryl methyl sites for hydroxylation is 6. The predicted molar refractivity (Wildman–Crippen MR) is 204 cm³/mol. The number of carboxylic acids is 1. The summed E-state index contributed by atoms with van der Waals surface area (Å²) in [6.07, 6.45) is 3.04. The third kappa shape index (κ3) is 5.49. The maximum Gasteiger partial charge on any atom is 0.336 e. The fraction of sp³-hybridized carbons (Fsp3) is 0.325. The standard InChI is InChI=1S/C40H41Cl2N5O4/c1-20-16-27(17-21(2)36(20)42)51-15-9-10-29-30-11-12-32(41)35(34-22(3)43-45(8)25(34)6)37(30)47-24(5)23(4)46(39(48)38(29)47)26-18-31(40(49)50)28-13-14-44(7)33(28)19-26/h11-14,16-19,23-24H,9-10,15H2,1-8H3,(H,49,50)/t23-,24-/m1/s1. The number of fused-ring (bicyclic) bond motifs is 4. The van der Waals surface area contributed by atoms with Gasteiger partial charge in [0.2, 0.25) is 0 Å². The highest BCUT2D eigenvalue weighted by Crippen LogP contribution is 2.46. The van der Waals surface area contributed by atoms with Gasteiger partial charge >= 0.3 is 5.97 Å². The van der Waals surface area contributed by atoms with Crippen molar-refractivity contribution in [3.63, 3.8) is 0 Å². The zero-order chi connectivity index (χ0) is 36.6. The van der Waals surface area contributed by atoms with Crippen LogP contribution in [-0.4, -0.2) is 48.5 Å². The lowest BCUT2D eigenvalue weighted by atomic mass is 9.98. The molecule has 11 heteroatoms. The molecule has 0 saturated carbocycles. The van der Waals surface area contributed by atoms with Crippen molar-refractivity contribution in [3.8, 4) is 16.9 Å². The van der Waals surface area contributed by atoms with Gasteiger partial charge in [-0.05, 0) is 107 Å². The number of halogens is 2. The normalized spacial score (nSPS) is 16.0. The quantitative estimate of drug-likeness (QED) is 0.158. The van der Waals surface area contributed by atoms with Gasteiger partial charge in [0.25, 0.3) is 5.91 Å². The van der Waals surface area contributed by atoms with Gasteiger partial charge in [-0.25, -0.2) is 4.79 Å². The van der Waals surface area contributed by atoms with Crippen LogP contribution in [0, 0.1) is 27.7 Å². The van der Waals surface area contributed by atoms with E-state index in [0.717, 1.165) is 66.4 Å². The van der Waals surface area contributed by atoms with Crippen molar-refractivity contribution in [2.45, 2.75) is 66.5 Å². The van der Waals surface area contributed by atoms with E-state index in [1.165, 1.54) is 0 Å². The largest absolute Gasteiger partial charge is 0.494 e. The Kier molecular flexibility index (Phi) is 8.71. The second-order valence-corrected chi connectivity index (χ2v) is 14.6. The average Bonchev–Trinajstić information content (AvgIpc) is 3.70. The summed E-state index contributed by atoms with van der Waals surface area (Å²) in [7, 11) is 3.80. The average molecular weight is 727 g/mol. The molecule has 2 atom stereocenters. The zero-order valence-corrected chi connectivity index (χ0v) is 31.6. The van der Waals surface area contributed by atoms with Crippen LogP contribution in [0.15, 0.2) is 48.7 Å². The van der Waals surface area contributed by atoms with Crippen LogP contribution in [0.3, 0.4) is 0 Å². The van der Waals surface area contributed by atoms with E-state index in [-0.39, 0.29) is 23.6 Å². The lowest BCUT2D eigenvalue weighted by molar-refractivity contribution is 0.0698. The Labute approximate surface area is 306 Å².